The molecule has 0 aliphatic carbocycles. The smallest absolute Gasteiger partial charge is 0.200 e. The van der Waals surface area contributed by atoms with Crippen molar-refractivity contribution in [2.24, 2.45) is 0 Å². The summed E-state index contributed by atoms with van der Waals surface area (Å²) in [5, 5.41) is 9.19. The van der Waals surface area contributed by atoms with E-state index >= 15 is 35.1 Å². The SMILES string of the molecule is Fc1c(F)c(F)c([B-](c2c(F)c(F)c(F)c(F)c2F)(c2c(F)c(F)c(F)c(F)c2F)c2c(F)c(F)c(F)c(F)c2F)c(F)c1F.Oc1ccc(Cc2ccc(C[SH2+])cc2)cc1. The molecule has 0 aromatic heterocycles. The molecule has 0 amide bonds. The third-order valence-electron chi connectivity index (χ3n) is 9.28. The van der Waals surface area contributed by atoms with Crippen LogP contribution < -0.4 is 21.9 Å². The highest BCUT2D eigenvalue weighted by Gasteiger charge is 2.52. The lowest BCUT2D eigenvalue weighted by molar-refractivity contribution is 0.378. The van der Waals surface area contributed by atoms with Gasteiger partial charge in [0.15, 0.2) is 69.8 Å². The first-order chi connectivity index (χ1) is 28.5. The van der Waals surface area contributed by atoms with Crippen LogP contribution in [0.4, 0.5) is 87.8 Å². The van der Waals surface area contributed by atoms with E-state index in [1.165, 1.54) is 16.7 Å². The topological polar surface area (TPSA) is 20.2 Å². The Morgan fingerprint density at radius 3 is 0.689 bits per heavy atom. The van der Waals surface area contributed by atoms with E-state index in [-0.39, 0.29) is 0 Å². The molecule has 0 aliphatic heterocycles. The van der Waals surface area contributed by atoms with Gasteiger partial charge in [-0.05, 0) is 42.3 Å². The average Bonchev–Trinajstić information content (AvgIpc) is 3.24. The molecule has 1 N–H and O–H groups in total. The molecule has 0 spiro atoms. The molecule has 23 heteroatoms. The Morgan fingerprint density at radius 1 is 0.295 bits per heavy atom. The molecule has 322 valence electrons. The van der Waals surface area contributed by atoms with E-state index in [1.807, 2.05) is 12.1 Å². The molecule has 0 heterocycles. The van der Waals surface area contributed by atoms with Crippen molar-refractivity contribution in [2.75, 3.05) is 0 Å². The molecule has 0 radical (unpaired) electrons. The summed E-state index contributed by atoms with van der Waals surface area (Å²) in [4.78, 5) is 0. The van der Waals surface area contributed by atoms with E-state index in [0.29, 0.717) is 5.75 Å². The minimum atomic E-state index is -7.22. The molecule has 0 fully saturated rings. The highest BCUT2D eigenvalue weighted by molar-refractivity contribution is 7.57. The van der Waals surface area contributed by atoms with Crippen LogP contribution in [0.3, 0.4) is 0 Å². The number of phenolic OH excluding ortho intramolecular Hbond substituents is 1. The van der Waals surface area contributed by atoms with E-state index in [4.69, 9.17) is 0 Å². The predicted octanol–water partition coefficient (Wildman–Crippen LogP) is 8.34. The zero-order chi connectivity index (χ0) is 45.7. The maximum atomic E-state index is 15.4. The quantitative estimate of drug-likeness (QED) is 0.0562. The number of benzene rings is 6. The number of hydrogen-bond acceptors (Lipinski definition) is 1. The number of phenols is 1. The lowest BCUT2D eigenvalue weighted by Gasteiger charge is -2.44. The maximum absolute atomic E-state index is 15.4. The van der Waals surface area contributed by atoms with Gasteiger partial charge in [-0.1, -0.05) is 36.4 Å². The fourth-order valence-corrected chi connectivity index (χ4v) is 6.73. The van der Waals surface area contributed by atoms with Gasteiger partial charge >= 0.3 is 0 Å². The fourth-order valence-electron chi connectivity index (χ4n) is 6.50. The first kappa shape index (κ1) is 46.2. The third-order valence-corrected chi connectivity index (χ3v) is 9.69. The van der Waals surface area contributed by atoms with Crippen molar-refractivity contribution in [2.45, 2.75) is 12.2 Å². The van der Waals surface area contributed by atoms with Crippen molar-refractivity contribution in [3.05, 3.63) is 182 Å². The van der Waals surface area contributed by atoms with Gasteiger partial charge in [-0.25, -0.2) is 87.8 Å². The van der Waals surface area contributed by atoms with E-state index in [2.05, 4.69) is 36.9 Å². The summed E-state index contributed by atoms with van der Waals surface area (Å²) in [6.07, 6.45) is -6.31. The summed E-state index contributed by atoms with van der Waals surface area (Å²) in [7, 11) is 0. The van der Waals surface area contributed by atoms with Crippen molar-refractivity contribution in [3.8, 4) is 5.75 Å². The van der Waals surface area contributed by atoms with Crippen LogP contribution in [0, 0.1) is 116 Å². The Bertz CT molecular complexity index is 2330. The van der Waals surface area contributed by atoms with Crippen molar-refractivity contribution >= 4 is 40.6 Å². The van der Waals surface area contributed by atoms with Gasteiger partial charge < -0.3 is 5.11 Å². The van der Waals surface area contributed by atoms with E-state index in [9.17, 15) is 57.8 Å². The molecule has 1 nitrogen and oxygen atoms in total. The minimum Gasteiger partial charge on any atom is -0.508 e. The zero-order valence-corrected chi connectivity index (χ0v) is 30.1. The van der Waals surface area contributed by atoms with Gasteiger partial charge in [-0.3, -0.25) is 0 Å². The second-order valence-electron chi connectivity index (χ2n) is 12.6. The van der Waals surface area contributed by atoms with Gasteiger partial charge in [-0.15, -0.1) is 21.9 Å². The second-order valence-corrected chi connectivity index (χ2v) is 13.0. The Balaban J connectivity index is 0.000000366. The normalized spacial score (nSPS) is 11.6. The standard InChI is InChI=1S/C24BF20.C14H14OS/c26-5-1(6(27)14(35)21(42)13(5)34)25(2-7(28)15(36)22(43)16(37)8(2)29,3-9(30)17(38)23(44)18(39)10(3)31)4-11(32)19(40)24(45)20(41)12(4)33;15-14-7-5-12(6-8-14)9-11-1-3-13(10-16)4-2-11/h;1-8,15-16H,9-10H2/q-1;/p+1. The molecule has 0 saturated heterocycles. The van der Waals surface area contributed by atoms with Gasteiger partial charge in [0.1, 0.15) is 64.2 Å². The summed E-state index contributed by atoms with van der Waals surface area (Å²) in [6.45, 7) is 0. The van der Waals surface area contributed by atoms with Crippen molar-refractivity contribution in [1.82, 2.24) is 0 Å². The van der Waals surface area contributed by atoms with Gasteiger partial charge in [0.2, 0.25) is 0 Å². The Kier molecular flexibility index (Phi) is 13.1. The van der Waals surface area contributed by atoms with Crippen LogP contribution in [-0.2, 0) is 24.8 Å². The first-order valence-electron chi connectivity index (χ1n) is 16.2. The van der Waals surface area contributed by atoms with Crippen molar-refractivity contribution in [1.29, 1.82) is 0 Å². The lowest BCUT2D eigenvalue weighted by Crippen LogP contribution is -2.81. The minimum absolute atomic E-state index is 0.318. The van der Waals surface area contributed by atoms with Crippen LogP contribution >= 0.6 is 0 Å². The van der Waals surface area contributed by atoms with Gasteiger partial charge in [0, 0.05) is 5.56 Å². The summed E-state index contributed by atoms with van der Waals surface area (Å²) in [5.41, 5.74) is -10.5. The number of halogens is 20. The number of rotatable bonds is 7. The molecule has 0 unspecified atom stereocenters. The monoisotopic (exact) mass is 910 g/mol. The Morgan fingerprint density at radius 2 is 0.475 bits per heavy atom. The second kappa shape index (κ2) is 17.2. The summed E-state index contributed by atoms with van der Waals surface area (Å²) in [6, 6.07) is 15.9. The average molecular weight is 910 g/mol. The van der Waals surface area contributed by atoms with Crippen molar-refractivity contribution in [3.63, 3.8) is 0 Å². The summed E-state index contributed by atoms with van der Waals surface area (Å²) >= 11 is 3.48. The molecule has 61 heavy (non-hydrogen) atoms. The zero-order valence-electron chi connectivity index (χ0n) is 29.1. The van der Waals surface area contributed by atoms with Gasteiger partial charge in [0.05, 0.1) is 0 Å². The largest absolute Gasteiger partial charge is 0.508 e. The number of hydrogen-bond donors (Lipinski definition) is 1. The molecule has 0 aliphatic rings. The van der Waals surface area contributed by atoms with E-state index in [0.717, 1.165) is 12.2 Å². The molecule has 0 atom stereocenters. The fraction of sp³-hybridized carbons (Fsp3) is 0.0526. The first-order valence-corrected chi connectivity index (χ1v) is 16.9. The lowest BCUT2D eigenvalue weighted by atomic mass is 9.12. The molecule has 6 aromatic carbocycles. The Labute approximate surface area is 332 Å². The van der Waals surface area contributed by atoms with Crippen LogP contribution in [0.1, 0.15) is 16.7 Å². The predicted molar refractivity (Wildman–Crippen MR) is 180 cm³/mol. The van der Waals surface area contributed by atoms with Crippen LogP contribution in [0.25, 0.3) is 0 Å². The van der Waals surface area contributed by atoms with Gasteiger partial charge in [0.25, 0.3) is 0 Å². The van der Waals surface area contributed by atoms with Crippen LogP contribution in [0.2, 0.25) is 0 Å². The Hall–Kier alpha value is -5.87. The van der Waals surface area contributed by atoms with Crippen LogP contribution in [0.5, 0.6) is 5.75 Å². The number of aromatic hydroxyl groups is 1. The molecule has 0 saturated carbocycles. The van der Waals surface area contributed by atoms with E-state index in [1.54, 1.807) is 12.1 Å². The van der Waals surface area contributed by atoms with Crippen molar-refractivity contribution < 1.29 is 92.9 Å². The van der Waals surface area contributed by atoms with Crippen LogP contribution in [-0.4, -0.2) is 11.3 Å². The molecule has 6 aromatic rings. The van der Waals surface area contributed by atoms with E-state index < -0.39 is 144 Å². The highest BCUT2D eigenvalue weighted by atomic mass is 32.1. The highest BCUT2D eigenvalue weighted by Crippen LogP contribution is 2.31. The molecule has 0 bridgehead atoms. The third kappa shape index (κ3) is 7.49. The molecule has 6 rings (SSSR count). The molecular formula is C38H15BF20OS. The summed E-state index contributed by atoms with van der Waals surface area (Å²) in [5.74, 6) is -70.2. The van der Waals surface area contributed by atoms with Crippen LogP contribution in [0.15, 0.2) is 48.5 Å². The van der Waals surface area contributed by atoms with Gasteiger partial charge in [-0.2, -0.15) is 0 Å². The molecular weight excluding hydrogens is 895 g/mol. The maximum Gasteiger partial charge on any atom is 0.200 e. The summed E-state index contributed by atoms with van der Waals surface area (Å²) < 4.78 is 294.